The summed E-state index contributed by atoms with van der Waals surface area (Å²) in [7, 11) is 0. The average Bonchev–Trinajstić information content (AvgIpc) is 3.26. The smallest absolute Gasteiger partial charge is 0.225 e. The molecule has 5 heteroatoms. The Morgan fingerprint density at radius 3 is 2.47 bits per heavy atom. The van der Waals surface area contributed by atoms with Crippen molar-refractivity contribution < 1.29 is 9.53 Å². The van der Waals surface area contributed by atoms with E-state index in [9.17, 15) is 4.79 Å². The predicted octanol–water partition coefficient (Wildman–Crippen LogP) is 6.75. The van der Waals surface area contributed by atoms with Crippen molar-refractivity contribution in [2.24, 2.45) is 0 Å². The molecule has 4 rings (SSSR count). The second-order valence-electron chi connectivity index (χ2n) is 9.58. The van der Waals surface area contributed by atoms with Crippen LogP contribution < -0.4 is 10.1 Å². The average molecular weight is 484 g/mol. The molecule has 0 saturated heterocycles. The second kappa shape index (κ2) is 11.9. The lowest BCUT2D eigenvalue weighted by molar-refractivity contribution is -0.121. The van der Waals surface area contributed by atoms with Crippen LogP contribution >= 0.6 is 0 Å². The van der Waals surface area contributed by atoms with E-state index in [4.69, 9.17) is 9.72 Å². The fourth-order valence-corrected chi connectivity index (χ4v) is 4.54. The Morgan fingerprint density at radius 2 is 1.72 bits per heavy atom. The Balaban J connectivity index is 1.40. The van der Waals surface area contributed by atoms with E-state index in [1.807, 2.05) is 56.3 Å². The van der Waals surface area contributed by atoms with E-state index in [1.165, 1.54) is 5.56 Å². The highest BCUT2D eigenvalue weighted by Crippen LogP contribution is 2.23. The summed E-state index contributed by atoms with van der Waals surface area (Å²) in [6.07, 6.45) is 2.33. The molecule has 5 nitrogen and oxygen atoms in total. The molecule has 0 aliphatic rings. The molecule has 0 spiro atoms. The maximum Gasteiger partial charge on any atom is 0.225 e. The molecule has 0 fully saturated rings. The number of nitrogens with one attached hydrogen (secondary N) is 1. The fourth-order valence-electron chi connectivity index (χ4n) is 4.54. The van der Waals surface area contributed by atoms with E-state index in [0.717, 1.165) is 53.1 Å². The maximum absolute atomic E-state index is 12.8. The number of aryl methyl sites for hydroxylation is 2. The van der Waals surface area contributed by atoms with Gasteiger partial charge in [-0.25, -0.2) is 4.98 Å². The highest BCUT2D eigenvalue weighted by molar-refractivity contribution is 5.80. The molecule has 0 aliphatic heterocycles. The Hall–Kier alpha value is -3.60. The van der Waals surface area contributed by atoms with Crippen LogP contribution in [0, 0.1) is 6.92 Å². The van der Waals surface area contributed by atoms with Crippen molar-refractivity contribution in [2.45, 2.75) is 65.5 Å². The van der Waals surface area contributed by atoms with Crippen LogP contribution in [0.15, 0.2) is 72.8 Å². The number of carbonyl (C=O) groups excluding carboxylic acids is 1. The maximum atomic E-state index is 12.8. The number of amides is 1. The van der Waals surface area contributed by atoms with Gasteiger partial charge in [0.05, 0.1) is 30.1 Å². The molecule has 1 aromatic heterocycles. The Labute approximate surface area is 214 Å². The van der Waals surface area contributed by atoms with Crippen LogP contribution in [0.5, 0.6) is 5.75 Å². The molecular formula is C31H37N3O2. The largest absolute Gasteiger partial charge is 0.494 e. The predicted molar refractivity (Wildman–Crippen MR) is 146 cm³/mol. The van der Waals surface area contributed by atoms with Gasteiger partial charge in [0.2, 0.25) is 5.91 Å². The SMILES string of the molecule is CCC(C)c1ccc(OCCCn2c(C(C)NC(=O)Cc3ccccc3C)nc3ccccc32)cc1. The molecule has 0 aliphatic carbocycles. The van der Waals surface area contributed by atoms with Crippen molar-refractivity contribution in [1.82, 2.24) is 14.9 Å². The van der Waals surface area contributed by atoms with Gasteiger partial charge in [0, 0.05) is 6.54 Å². The quantitative estimate of drug-likeness (QED) is 0.240. The summed E-state index contributed by atoms with van der Waals surface area (Å²) >= 11 is 0. The summed E-state index contributed by atoms with van der Waals surface area (Å²) in [4.78, 5) is 17.7. The van der Waals surface area contributed by atoms with Gasteiger partial charge < -0.3 is 14.6 Å². The molecule has 4 aromatic rings. The molecule has 0 bridgehead atoms. The van der Waals surface area contributed by atoms with Crippen LogP contribution in [-0.4, -0.2) is 22.1 Å². The lowest BCUT2D eigenvalue weighted by atomic mass is 9.99. The minimum atomic E-state index is -0.206. The standard InChI is InChI=1S/C31H37N3O2/c1-5-22(2)25-15-17-27(18-16-25)36-20-10-19-34-29-14-9-8-13-28(29)33-31(34)24(4)32-30(35)21-26-12-7-6-11-23(26)3/h6-9,11-18,22,24H,5,10,19-21H2,1-4H3,(H,32,35). The summed E-state index contributed by atoms with van der Waals surface area (Å²) < 4.78 is 8.24. The van der Waals surface area contributed by atoms with Crippen LogP contribution in [0.4, 0.5) is 0 Å². The Morgan fingerprint density at radius 1 is 1.00 bits per heavy atom. The molecule has 188 valence electrons. The van der Waals surface area contributed by atoms with Gasteiger partial charge >= 0.3 is 0 Å². The minimum absolute atomic E-state index is 0.000391. The zero-order valence-electron chi connectivity index (χ0n) is 21.8. The van der Waals surface area contributed by atoms with Crippen LogP contribution in [0.2, 0.25) is 0 Å². The molecule has 0 saturated carbocycles. The number of ether oxygens (including phenoxy) is 1. The molecule has 2 atom stereocenters. The molecule has 1 N–H and O–H groups in total. The van der Waals surface area contributed by atoms with Crippen molar-refractivity contribution in [3.63, 3.8) is 0 Å². The van der Waals surface area contributed by atoms with Crippen molar-refractivity contribution in [3.8, 4) is 5.75 Å². The number of carbonyl (C=O) groups is 1. The van der Waals surface area contributed by atoms with Gasteiger partial charge in [0.15, 0.2) is 0 Å². The van der Waals surface area contributed by atoms with Crippen LogP contribution in [0.3, 0.4) is 0 Å². The molecular weight excluding hydrogens is 446 g/mol. The molecule has 0 radical (unpaired) electrons. The number of hydrogen-bond acceptors (Lipinski definition) is 3. The molecule has 1 heterocycles. The van der Waals surface area contributed by atoms with Crippen LogP contribution in [-0.2, 0) is 17.8 Å². The van der Waals surface area contributed by atoms with Gasteiger partial charge in [0.1, 0.15) is 11.6 Å². The van der Waals surface area contributed by atoms with Crippen LogP contribution in [0.25, 0.3) is 11.0 Å². The molecule has 3 aromatic carbocycles. The number of fused-ring (bicyclic) bond motifs is 1. The summed E-state index contributed by atoms with van der Waals surface area (Å²) in [5.74, 6) is 2.33. The number of aromatic nitrogens is 2. The zero-order valence-corrected chi connectivity index (χ0v) is 21.8. The van der Waals surface area contributed by atoms with Gasteiger partial charge in [-0.3, -0.25) is 4.79 Å². The summed E-state index contributed by atoms with van der Waals surface area (Å²) in [6, 6.07) is 24.4. The van der Waals surface area contributed by atoms with Crippen molar-refractivity contribution in [1.29, 1.82) is 0 Å². The lowest BCUT2D eigenvalue weighted by Crippen LogP contribution is -2.30. The first-order chi connectivity index (χ1) is 17.5. The van der Waals surface area contributed by atoms with Gasteiger partial charge in [-0.2, -0.15) is 0 Å². The first-order valence-corrected chi connectivity index (χ1v) is 13.0. The number of rotatable bonds is 11. The van der Waals surface area contributed by atoms with Crippen molar-refractivity contribution >= 4 is 16.9 Å². The van der Waals surface area contributed by atoms with Crippen molar-refractivity contribution in [2.75, 3.05) is 6.61 Å². The number of hydrogen-bond donors (Lipinski definition) is 1. The monoisotopic (exact) mass is 483 g/mol. The van der Waals surface area contributed by atoms with E-state index in [-0.39, 0.29) is 11.9 Å². The third-order valence-corrected chi connectivity index (χ3v) is 6.92. The molecule has 36 heavy (non-hydrogen) atoms. The zero-order chi connectivity index (χ0) is 25.5. The Bertz CT molecular complexity index is 1290. The van der Waals surface area contributed by atoms with Gasteiger partial charge in [-0.05, 0) is 73.6 Å². The second-order valence-corrected chi connectivity index (χ2v) is 9.58. The van der Waals surface area contributed by atoms with E-state index < -0.39 is 0 Å². The summed E-state index contributed by atoms with van der Waals surface area (Å²) in [5, 5.41) is 3.16. The van der Waals surface area contributed by atoms with E-state index in [2.05, 4.69) is 54.1 Å². The lowest BCUT2D eigenvalue weighted by Gasteiger charge is -2.17. The number of nitrogens with zero attached hydrogens (tertiary/aromatic N) is 2. The highest BCUT2D eigenvalue weighted by Gasteiger charge is 2.19. The van der Waals surface area contributed by atoms with Crippen LogP contribution in [0.1, 0.15) is 68.1 Å². The fraction of sp³-hybridized carbons (Fsp3) is 0.355. The minimum Gasteiger partial charge on any atom is -0.494 e. The molecule has 1 amide bonds. The number of benzene rings is 3. The Kier molecular flexibility index (Phi) is 8.42. The molecule has 2 unspecified atom stereocenters. The van der Waals surface area contributed by atoms with E-state index in [1.54, 1.807) is 0 Å². The normalized spacial score (nSPS) is 12.9. The number of imidazole rings is 1. The van der Waals surface area contributed by atoms with Crippen molar-refractivity contribution in [3.05, 3.63) is 95.3 Å². The first kappa shape index (κ1) is 25.5. The third-order valence-electron chi connectivity index (χ3n) is 6.92. The van der Waals surface area contributed by atoms with Gasteiger partial charge in [0.25, 0.3) is 0 Å². The number of para-hydroxylation sites is 2. The first-order valence-electron chi connectivity index (χ1n) is 13.0. The van der Waals surface area contributed by atoms with E-state index in [0.29, 0.717) is 18.9 Å². The topological polar surface area (TPSA) is 56.1 Å². The summed E-state index contributed by atoms with van der Waals surface area (Å²) in [6.45, 7) is 9.87. The van der Waals surface area contributed by atoms with Gasteiger partial charge in [-0.1, -0.05) is 62.4 Å². The third kappa shape index (κ3) is 6.14. The summed E-state index contributed by atoms with van der Waals surface area (Å²) in [5.41, 5.74) is 5.53. The van der Waals surface area contributed by atoms with Gasteiger partial charge in [-0.15, -0.1) is 0 Å². The highest BCUT2D eigenvalue weighted by atomic mass is 16.5. The van der Waals surface area contributed by atoms with E-state index >= 15 is 0 Å².